The Kier molecular flexibility index (Phi) is 3.96. The fraction of sp³-hybridized carbons (Fsp3) is 0.786. The van der Waals surface area contributed by atoms with Crippen LogP contribution in [0, 0.1) is 0 Å². The Hall–Kier alpha value is -0.390. The van der Waals surface area contributed by atoms with Gasteiger partial charge in [-0.2, -0.15) is 5.10 Å². The molecule has 1 saturated heterocycles. The molecule has 3 rings (SSSR count). The molecule has 0 bridgehead atoms. The van der Waals surface area contributed by atoms with Gasteiger partial charge in [0.25, 0.3) is 0 Å². The third kappa shape index (κ3) is 2.48. The fourth-order valence-corrected chi connectivity index (χ4v) is 4.13. The summed E-state index contributed by atoms with van der Waals surface area (Å²) in [5.41, 5.74) is 2.46. The molecule has 2 atom stereocenters. The van der Waals surface area contributed by atoms with E-state index in [1.165, 1.54) is 29.4 Å². The van der Waals surface area contributed by atoms with E-state index in [-0.39, 0.29) is 0 Å². The first-order valence-corrected chi connectivity index (χ1v) is 8.06. The van der Waals surface area contributed by atoms with E-state index >= 15 is 0 Å². The highest BCUT2D eigenvalue weighted by Crippen LogP contribution is 2.32. The van der Waals surface area contributed by atoms with Crippen molar-refractivity contribution in [2.24, 2.45) is 7.05 Å². The van der Waals surface area contributed by atoms with Crippen molar-refractivity contribution in [2.75, 3.05) is 13.2 Å². The number of halogens is 1. The molecule has 0 radical (unpaired) electrons. The Morgan fingerprint density at radius 3 is 3.00 bits per heavy atom. The maximum atomic E-state index is 5.88. The van der Waals surface area contributed by atoms with Crippen molar-refractivity contribution in [3.05, 3.63) is 15.9 Å². The SMILES string of the molecule is CCc1nn(C)c(CN2CCOC3CCCC32)c1Br. The first-order valence-electron chi connectivity index (χ1n) is 7.26. The van der Waals surface area contributed by atoms with E-state index in [4.69, 9.17) is 4.74 Å². The van der Waals surface area contributed by atoms with Gasteiger partial charge >= 0.3 is 0 Å². The number of aromatic nitrogens is 2. The molecule has 2 heterocycles. The molecule has 0 aromatic carbocycles. The lowest BCUT2D eigenvalue weighted by molar-refractivity contribution is -0.0595. The molecular weight excluding hydrogens is 306 g/mol. The maximum Gasteiger partial charge on any atom is 0.0767 e. The van der Waals surface area contributed by atoms with Gasteiger partial charge < -0.3 is 4.74 Å². The number of nitrogens with zero attached hydrogens (tertiary/aromatic N) is 3. The summed E-state index contributed by atoms with van der Waals surface area (Å²) in [5, 5.41) is 4.59. The van der Waals surface area contributed by atoms with Crippen LogP contribution in [0.5, 0.6) is 0 Å². The average Bonchev–Trinajstić information content (AvgIpc) is 2.98. The molecule has 2 fully saturated rings. The molecule has 2 unspecified atom stereocenters. The average molecular weight is 328 g/mol. The van der Waals surface area contributed by atoms with Crippen LogP contribution < -0.4 is 0 Å². The van der Waals surface area contributed by atoms with Gasteiger partial charge in [-0.05, 0) is 41.6 Å². The van der Waals surface area contributed by atoms with Crippen LogP contribution in [0.1, 0.15) is 37.6 Å². The monoisotopic (exact) mass is 327 g/mol. The number of rotatable bonds is 3. The standard InChI is InChI=1S/C14H22BrN3O/c1-3-10-14(15)12(17(2)16-10)9-18-7-8-19-13-6-4-5-11(13)18/h11,13H,3-9H2,1-2H3. The third-order valence-corrected chi connectivity index (χ3v) is 5.37. The molecule has 5 heteroatoms. The largest absolute Gasteiger partial charge is 0.375 e. The van der Waals surface area contributed by atoms with E-state index in [1.54, 1.807) is 0 Å². The molecule has 1 aliphatic carbocycles. The van der Waals surface area contributed by atoms with Crippen molar-refractivity contribution in [3.63, 3.8) is 0 Å². The topological polar surface area (TPSA) is 30.3 Å². The predicted molar refractivity (Wildman–Crippen MR) is 78.1 cm³/mol. The Morgan fingerprint density at radius 2 is 2.26 bits per heavy atom. The first-order chi connectivity index (χ1) is 9.20. The van der Waals surface area contributed by atoms with Crippen molar-refractivity contribution in [1.82, 2.24) is 14.7 Å². The van der Waals surface area contributed by atoms with Gasteiger partial charge in [0, 0.05) is 26.2 Å². The van der Waals surface area contributed by atoms with Crippen molar-refractivity contribution in [1.29, 1.82) is 0 Å². The molecular formula is C14H22BrN3O. The van der Waals surface area contributed by atoms with Crippen LogP contribution in [-0.2, 0) is 24.8 Å². The van der Waals surface area contributed by atoms with Gasteiger partial charge in [-0.1, -0.05) is 6.92 Å². The fourth-order valence-electron chi connectivity index (χ4n) is 3.39. The molecule has 2 aliphatic rings. The second-order valence-corrected chi connectivity index (χ2v) is 6.36. The van der Waals surface area contributed by atoms with Crippen LogP contribution in [0.3, 0.4) is 0 Å². The molecule has 0 spiro atoms. The molecule has 19 heavy (non-hydrogen) atoms. The number of aryl methyl sites for hydroxylation is 2. The second kappa shape index (κ2) is 5.54. The van der Waals surface area contributed by atoms with E-state index in [0.29, 0.717) is 12.1 Å². The van der Waals surface area contributed by atoms with Gasteiger partial charge in [0.15, 0.2) is 0 Å². The maximum absolute atomic E-state index is 5.88. The molecule has 1 aromatic rings. The highest BCUT2D eigenvalue weighted by molar-refractivity contribution is 9.10. The van der Waals surface area contributed by atoms with Gasteiger partial charge in [-0.3, -0.25) is 9.58 Å². The Balaban J connectivity index is 1.79. The van der Waals surface area contributed by atoms with Gasteiger partial charge in [0.05, 0.1) is 28.6 Å². The quantitative estimate of drug-likeness (QED) is 0.854. The summed E-state index contributed by atoms with van der Waals surface area (Å²) in [6, 6.07) is 0.612. The minimum atomic E-state index is 0.464. The van der Waals surface area contributed by atoms with Crippen LogP contribution in [0.2, 0.25) is 0 Å². The van der Waals surface area contributed by atoms with E-state index in [2.05, 4.69) is 32.9 Å². The summed E-state index contributed by atoms with van der Waals surface area (Å²) in [7, 11) is 2.05. The lowest BCUT2D eigenvalue weighted by Gasteiger charge is -2.37. The third-order valence-electron chi connectivity index (χ3n) is 4.45. The Labute approximate surface area is 123 Å². The lowest BCUT2D eigenvalue weighted by atomic mass is 10.1. The van der Waals surface area contributed by atoms with Crippen LogP contribution >= 0.6 is 15.9 Å². The van der Waals surface area contributed by atoms with Crippen LogP contribution in [-0.4, -0.2) is 40.0 Å². The summed E-state index contributed by atoms with van der Waals surface area (Å²) in [4.78, 5) is 2.59. The number of morpholine rings is 1. The summed E-state index contributed by atoms with van der Waals surface area (Å²) >= 11 is 3.72. The zero-order chi connectivity index (χ0) is 13.4. The van der Waals surface area contributed by atoms with Gasteiger partial charge in [0.2, 0.25) is 0 Å². The van der Waals surface area contributed by atoms with E-state index in [1.807, 2.05) is 11.7 Å². The Bertz CT molecular complexity index is 460. The number of hydrogen-bond acceptors (Lipinski definition) is 3. The molecule has 4 nitrogen and oxygen atoms in total. The van der Waals surface area contributed by atoms with Crippen molar-refractivity contribution in [2.45, 2.75) is 51.3 Å². The summed E-state index contributed by atoms with van der Waals surface area (Å²) in [5.74, 6) is 0. The van der Waals surface area contributed by atoms with E-state index in [9.17, 15) is 0 Å². The number of hydrogen-bond donors (Lipinski definition) is 0. The van der Waals surface area contributed by atoms with Crippen LogP contribution in [0.25, 0.3) is 0 Å². The number of ether oxygens (including phenoxy) is 1. The predicted octanol–water partition coefficient (Wildman–Crippen LogP) is 2.50. The van der Waals surface area contributed by atoms with Crippen molar-refractivity contribution in [3.8, 4) is 0 Å². The highest BCUT2D eigenvalue weighted by atomic mass is 79.9. The van der Waals surface area contributed by atoms with E-state index in [0.717, 1.165) is 31.8 Å². The zero-order valence-electron chi connectivity index (χ0n) is 11.7. The summed E-state index contributed by atoms with van der Waals surface area (Å²) < 4.78 is 9.10. The van der Waals surface area contributed by atoms with Crippen molar-refractivity contribution < 1.29 is 4.74 Å². The van der Waals surface area contributed by atoms with Gasteiger partial charge in [-0.25, -0.2) is 0 Å². The molecule has 1 aromatic heterocycles. The van der Waals surface area contributed by atoms with Gasteiger partial charge in [-0.15, -0.1) is 0 Å². The number of fused-ring (bicyclic) bond motifs is 1. The van der Waals surface area contributed by atoms with Crippen molar-refractivity contribution >= 4 is 15.9 Å². The van der Waals surface area contributed by atoms with Crippen LogP contribution in [0.15, 0.2) is 4.47 Å². The lowest BCUT2D eigenvalue weighted by Crippen LogP contribution is -2.48. The summed E-state index contributed by atoms with van der Waals surface area (Å²) in [6.45, 7) is 5.05. The molecule has 1 saturated carbocycles. The van der Waals surface area contributed by atoms with Gasteiger partial charge in [0.1, 0.15) is 0 Å². The normalized spacial score (nSPS) is 27.7. The van der Waals surface area contributed by atoms with E-state index < -0.39 is 0 Å². The highest BCUT2D eigenvalue weighted by Gasteiger charge is 2.36. The summed E-state index contributed by atoms with van der Waals surface area (Å²) in [6.07, 6.45) is 5.25. The minimum absolute atomic E-state index is 0.464. The molecule has 0 amide bonds. The smallest absolute Gasteiger partial charge is 0.0767 e. The second-order valence-electron chi connectivity index (χ2n) is 5.56. The van der Waals surface area contributed by atoms with Crippen LogP contribution in [0.4, 0.5) is 0 Å². The Morgan fingerprint density at radius 1 is 1.42 bits per heavy atom. The first kappa shape index (κ1) is 13.6. The minimum Gasteiger partial charge on any atom is -0.375 e. The molecule has 0 N–H and O–H groups in total. The molecule has 1 aliphatic heterocycles. The molecule has 106 valence electrons. The zero-order valence-corrected chi connectivity index (χ0v) is 13.3.